The standard InChI is InChI=1S/C16H30N2/c1-13(12-14-6-4-7-14)18-11-3-2-9-16(18)15-8-5-10-17-15/h13-17H,2-12H2,1H3. The van der Waals surface area contributed by atoms with Crippen LogP contribution in [-0.4, -0.2) is 36.1 Å². The van der Waals surface area contributed by atoms with Crippen LogP contribution in [0, 0.1) is 5.92 Å². The summed E-state index contributed by atoms with van der Waals surface area (Å²) in [6, 6.07) is 2.47. The predicted octanol–water partition coefficient (Wildman–Crippen LogP) is 3.17. The molecule has 0 aromatic carbocycles. The van der Waals surface area contributed by atoms with E-state index in [1.807, 2.05) is 0 Å². The van der Waals surface area contributed by atoms with Crippen molar-refractivity contribution in [1.82, 2.24) is 10.2 Å². The number of nitrogens with one attached hydrogen (secondary N) is 1. The molecule has 2 heteroatoms. The zero-order valence-electron chi connectivity index (χ0n) is 12.0. The Kier molecular flexibility index (Phi) is 4.25. The van der Waals surface area contributed by atoms with Gasteiger partial charge in [-0.3, -0.25) is 4.90 Å². The summed E-state index contributed by atoms with van der Waals surface area (Å²) < 4.78 is 0. The highest BCUT2D eigenvalue weighted by atomic mass is 15.2. The van der Waals surface area contributed by atoms with Gasteiger partial charge in [0, 0.05) is 18.1 Å². The van der Waals surface area contributed by atoms with E-state index in [1.54, 1.807) is 0 Å². The van der Waals surface area contributed by atoms with Gasteiger partial charge in [0.2, 0.25) is 0 Å². The number of likely N-dealkylation sites (tertiary alicyclic amines) is 1. The van der Waals surface area contributed by atoms with Gasteiger partial charge in [-0.2, -0.15) is 0 Å². The van der Waals surface area contributed by atoms with Crippen LogP contribution in [0.1, 0.15) is 64.7 Å². The monoisotopic (exact) mass is 250 g/mol. The molecular weight excluding hydrogens is 220 g/mol. The Bertz CT molecular complexity index is 256. The number of hydrogen-bond acceptors (Lipinski definition) is 2. The largest absolute Gasteiger partial charge is 0.312 e. The van der Waals surface area contributed by atoms with Crippen LogP contribution in [0.5, 0.6) is 0 Å². The molecule has 3 unspecified atom stereocenters. The van der Waals surface area contributed by atoms with E-state index in [4.69, 9.17) is 0 Å². The zero-order valence-corrected chi connectivity index (χ0v) is 12.0. The fourth-order valence-electron chi connectivity index (χ4n) is 4.35. The summed E-state index contributed by atoms with van der Waals surface area (Å²) in [6.07, 6.45) is 13.1. The highest BCUT2D eigenvalue weighted by Gasteiger charge is 2.34. The second-order valence-corrected chi connectivity index (χ2v) is 6.89. The minimum atomic E-state index is 0.800. The van der Waals surface area contributed by atoms with Crippen molar-refractivity contribution in [2.75, 3.05) is 13.1 Å². The molecule has 0 aromatic rings. The quantitative estimate of drug-likeness (QED) is 0.824. The van der Waals surface area contributed by atoms with Crippen molar-refractivity contribution in [2.24, 2.45) is 5.92 Å². The average Bonchev–Trinajstić information content (AvgIpc) is 2.87. The van der Waals surface area contributed by atoms with Crippen LogP contribution in [0.2, 0.25) is 0 Å². The third-order valence-corrected chi connectivity index (χ3v) is 5.62. The maximum atomic E-state index is 3.75. The highest BCUT2D eigenvalue weighted by Crippen LogP contribution is 2.34. The fourth-order valence-corrected chi connectivity index (χ4v) is 4.35. The van der Waals surface area contributed by atoms with Crippen LogP contribution in [0.15, 0.2) is 0 Å². The first kappa shape index (κ1) is 12.9. The molecular formula is C16H30N2. The summed E-state index contributed by atoms with van der Waals surface area (Å²) in [5, 5.41) is 3.75. The van der Waals surface area contributed by atoms with Crippen molar-refractivity contribution in [2.45, 2.75) is 82.8 Å². The topological polar surface area (TPSA) is 15.3 Å². The Morgan fingerprint density at radius 2 is 1.94 bits per heavy atom. The van der Waals surface area contributed by atoms with Gasteiger partial charge in [0.15, 0.2) is 0 Å². The Morgan fingerprint density at radius 1 is 1.06 bits per heavy atom. The lowest BCUT2D eigenvalue weighted by Crippen LogP contribution is -2.53. The summed E-state index contributed by atoms with van der Waals surface area (Å²) >= 11 is 0. The van der Waals surface area contributed by atoms with Gasteiger partial charge in [-0.25, -0.2) is 0 Å². The molecule has 1 saturated carbocycles. The zero-order chi connectivity index (χ0) is 12.4. The molecule has 3 aliphatic rings. The lowest BCUT2D eigenvalue weighted by Gasteiger charge is -2.44. The molecule has 3 fully saturated rings. The average molecular weight is 250 g/mol. The van der Waals surface area contributed by atoms with Crippen molar-refractivity contribution >= 4 is 0 Å². The van der Waals surface area contributed by atoms with E-state index in [1.165, 1.54) is 70.9 Å². The molecule has 2 aliphatic heterocycles. The van der Waals surface area contributed by atoms with Crippen LogP contribution < -0.4 is 5.32 Å². The van der Waals surface area contributed by atoms with Crippen LogP contribution in [0.4, 0.5) is 0 Å². The maximum Gasteiger partial charge on any atom is 0.0252 e. The maximum absolute atomic E-state index is 3.75. The number of hydrogen-bond donors (Lipinski definition) is 1. The number of rotatable bonds is 4. The van der Waals surface area contributed by atoms with Gasteiger partial charge in [0.25, 0.3) is 0 Å². The Morgan fingerprint density at radius 3 is 2.61 bits per heavy atom. The van der Waals surface area contributed by atoms with E-state index in [9.17, 15) is 0 Å². The Balaban J connectivity index is 1.58. The Labute approximate surface area is 113 Å². The first-order valence-corrected chi connectivity index (χ1v) is 8.34. The van der Waals surface area contributed by atoms with Crippen molar-refractivity contribution in [1.29, 1.82) is 0 Å². The van der Waals surface area contributed by atoms with E-state index in [0.717, 1.165) is 24.0 Å². The van der Waals surface area contributed by atoms with Gasteiger partial charge in [-0.15, -0.1) is 0 Å². The number of piperidine rings is 1. The molecule has 1 N–H and O–H groups in total. The van der Waals surface area contributed by atoms with E-state index in [2.05, 4.69) is 17.1 Å². The summed E-state index contributed by atoms with van der Waals surface area (Å²) in [7, 11) is 0. The lowest BCUT2D eigenvalue weighted by atomic mass is 9.80. The molecule has 1 aliphatic carbocycles. The van der Waals surface area contributed by atoms with Crippen LogP contribution in [0.3, 0.4) is 0 Å². The van der Waals surface area contributed by atoms with Crippen LogP contribution in [0.25, 0.3) is 0 Å². The third-order valence-electron chi connectivity index (χ3n) is 5.62. The smallest absolute Gasteiger partial charge is 0.0252 e. The lowest BCUT2D eigenvalue weighted by molar-refractivity contribution is 0.0607. The molecule has 0 spiro atoms. The molecule has 104 valence electrons. The Hall–Kier alpha value is -0.0800. The van der Waals surface area contributed by atoms with Gasteiger partial charge in [0.1, 0.15) is 0 Å². The summed E-state index contributed by atoms with van der Waals surface area (Å²) in [4.78, 5) is 2.87. The first-order chi connectivity index (χ1) is 8.84. The van der Waals surface area contributed by atoms with Crippen molar-refractivity contribution in [3.63, 3.8) is 0 Å². The van der Waals surface area contributed by atoms with Crippen molar-refractivity contribution < 1.29 is 0 Å². The minimum absolute atomic E-state index is 0.800. The SMILES string of the molecule is CC(CC1CCC1)N1CCCCC1C1CCCN1. The molecule has 18 heavy (non-hydrogen) atoms. The number of nitrogens with zero attached hydrogens (tertiary/aromatic N) is 1. The predicted molar refractivity (Wildman–Crippen MR) is 76.8 cm³/mol. The van der Waals surface area contributed by atoms with Gasteiger partial charge >= 0.3 is 0 Å². The highest BCUT2D eigenvalue weighted by molar-refractivity contribution is 4.93. The van der Waals surface area contributed by atoms with Crippen LogP contribution in [-0.2, 0) is 0 Å². The van der Waals surface area contributed by atoms with Crippen LogP contribution >= 0.6 is 0 Å². The molecule has 3 rings (SSSR count). The van der Waals surface area contributed by atoms with Crippen molar-refractivity contribution in [3.05, 3.63) is 0 Å². The van der Waals surface area contributed by atoms with E-state index in [-0.39, 0.29) is 0 Å². The summed E-state index contributed by atoms with van der Waals surface area (Å²) in [5.41, 5.74) is 0. The van der Waals surface area contributed by atoms with Crippen molar-refractivity contribution in [3.8, 4) is 0 Å². The summed E-state index contributed by atoms with van der Waals surface area (Å²) in [6.45, 7) is 5.11. The van der Waals surface area contributed by atoms with E-state index < -0.39 is 0 Å². The molecule has 2 nitrogen and oxygen atoms in total. The second kappa shape index (κ2) is 5.92. The molecule has 3 atom stereocenters. The molecule has 0 bridgehead atoms. The molecule has 0 amide bonds. The second-order valence-electron chi connectivity index (χ2n) is 6.89. The van der Waals surface area contributed by atoms with Gasteiger partial charge in [-0.05, 0) is 58.0 Å². The van der Waals surface area contributed by atoms with Gasteiger partial charge < -0.3 is 5.32 Å². The molecule has 0 aromatic heterocycles. The van der Waals surface area contributed by atoms with E-state index in [0.29, 0.717) is 0 Å². The van der Waals surface area contributed by atoms with E-state index >= 15 is 0 Å². The summed E-state index contributed by atoms with van der Waals surface area (Å²) in [5.74, 6) is 1.05. The molecule has 2 heterocycles. The normalized spacial score (nSPS) is 36.5. The third kappa shape index (κ3) is 2.75. The first-order valence-electron chi connectivity index (χ1n) is 8.34. The molecule has 0 radical (unpaired) electrons. The fraction of sp³-hybridized carbons (Fsp3) is 1.00. The van der Waals surface area contributed by atoms with Gasteiger partial charge in [-0.1, -0.05) is 25.7 Å². The minimum Gasteiger partial charge on any atom is -0.312 e. The molecule has 2 saturated heterocycles. The van der Waals surface area contributed by atoms with Gasteiger partial charge in [0.05, 0.1) is 0 Å².